The molecule has 1 unspecified atom stereocenters. The molecule has 0 amide bonds. The van der Waals surface area contributed by atoms with Crippen molar-refractivity contribution in [3.63, 3.8) is 0 Å². The first-order valence-corrected chi connectivity index (χ1v) is 7.63. The molecule has 3 aromatic rings. The highest BCUT2D eigenvalue weighted by molar-refractivity contribution is 6.31. The Labute approximate surface area is 129 Å². The van der Waals surface area contributed by atoms with Gasteiger partial charge in [0.05, 0.1) is 0 Å². The number of nitrogens with one attached hydrogen (secondary N) is 1. The lowest BCUT2D eigenvalue weighted by molar-refractivity contribution is 0.794. The zero-order valence-corrected chi connectivity index (χ0v) is 12.8. The lowest BCUT2D eigenvalue weighted by Gasteiger charge is -2.10. The molecule has 21 heavy (non-hydrogen) atoms. The summed E-state index contributed by atoms with van der Waals surface area (Å²) in [4.78, 5) is 3.36. The summed E-state index contributed by atoms with van der Waals surface area (Å²) in [6, 6.07) is 14.8. The Morgan fingerprint density at radius 2 is 1.90 bits per heavy atom. The van der Waals surface area contributed by atoms with Crippen LogP contribution in [0.3, 0.4) is 0 Å². The molecule has 1 aliphatic carbocycles. The van der Waals surface area contributed by atoms with Crippen LogP contribution in [0.25, 0.3) is 10.9 Å². The fraction of sp³-hybridized carbons (Fsp3) is 0.222. The Hall–Kier alpha value is -1.77. The highest BCUT2D eigenvalue weighted by Gasteiger charge is 2.25. The van der Waals surface area contributed by atoms with E-state index in [4.69, 9.17) is 11.6 Å². The van der Waals surface area contributed by atoms with Crippen molar-refractivity contribution in [2.45, 2.75) is 18.8 Å². The van der Waals surface area contributed by atoms with Crippen LogP contribution in [0.2, 0.25) is 5.02 Å². The van der Waals surface area contributed by atoms with E-state index in [2.05, 4.69) is 53.3 Å². The molecule has 2 nitrogen and oxygen atoms in total. The van der Waals surface area contributed by atoms with Gasteiger partial charge >= 0.3 is 0 Å². The predicted molar refractivity (Wildman–Crippen MR) is 90.0 cm³/mol. The van der Waals surface area contributed by atoms with Gasteiger partial charge in [-0.05, 0) is 54.8 Å². The van der Waals surface area contributed by atoms with Crippen molar-refractivity contribution in [1.29, 1.82) is 0 Å². The van der Waals surface area contributed by atoms with E-state index in [-0.39, 0.29) is 0 Å². The van der Waals surface area contributed by atoms with Crippen LogP contribution < -0.4 is 5.73 Å². The molecule has 0 fully saturated rings. The quantitative estimate of drug-likeness (QED) is 0.683. The van der Waals surface area contributed by atoms with E-state index in [1.54, 1.807) is 0 Å². The third-order valence-electron chi connectivity index (χ3n) is 4.18. The Kier molecular flexibility index (Phi) is 4.00. The summed E-state index contributed by atoms with van der Waals surface area (Å²) in [7, 11) is 1.50. The summed E-state index contributed by atoms with van der Waals surface area (Å²) in [6.07, 6.45) is 4.51. The fourth-order valence-corrected chi connectivity index (χ4v) is 3.46. The second-order valence-corrected chi connectivity index (χ2v) is 5.66. The number of H-pyrrole nitrogens is 1. The number of halogens is 1. The number of rotatable bonds is 1. The van der Waals surface area contributed by atoms with E-state index >= 15 is 0 Å². The first kappa shape index (κ1) is 14.2. The second kappa shape index (κ2) is 5.92. The highest BCUT2D eigenvalue weighted by atomic mass is 35.5. The summed E-state index contributed by atoms with van der Waals surface area (Å²) in [5, 5.41) is 2.06. The molecule has 1 heterocycles. The SMILES string of the molecule is CN.Clc1ccc2[nH]cc(C3CCc4ccccc43)c2c1. The number of hydrogen-bond acceptors (Lipinski definition) is 1. The van der Waals surface area contributed by atoms with Gasteiger partial charge in [0.2, 0.25) is 0 Å². The maximum Gasteiger partial charge on any atom is 0.0458 e. The summed E-state index contributed by atoms with van der Waals surface area (Å²) >= 11 is 6.14. The van der Waals surface area contributed by atoms with Crippen LogP contribution in [-0.4, -0.2) is 12.0 Å². The van der Waals surface area contributed by atoms with Gasteiger partial charge in [-0.15, -0.1) is 0 Å². The molecule has 3 heteroatoms. The minimum atomic E-state index is 0.503. The number of nitrogens with two attached hydrogens (primary N) is 1. The van der Waals surface area contributed by atoms with Gasteiger partial charge in [0.1, 0.15) is 0 Å². The van der Waals surface area contributed by atoms with Gasteiger partial charge < -0.3 is 10.7 Å². The van der Waals surface area contributed by atoms with Crippen molar-refractivity contribution in [3.8, 4) is 0 Å². The lowest BCUT2D eigenvalue weighted by Crippen LogP contribution is -1.94. The van der Waals surface area contributed by atoms with Crippen molar-refractivity contribution < 1.29 is 0 Å². The monoisotopic (exact) mass is 298 g/mol. The molecular formula is C18H19ClN2. The molecule has 1 aromatic heterocycles. The molecule has 108 valence electrons. The Balaban J connectivity index is 0.000000636. The standard InChI is InChI=1S/C17H14ClN.CH5N/c18-12-6-8-17-15(9-12)16(10-19-17)14-7-5-11-3-1-2-4-13(11)14;1-2/h1-4,6,8-10,14,19H,5,7H2;2H2,1H3. The Morgan fingerprint density at radius 3 is 2.76 bits per heavy atom. The zero-order valence-electron chi connectivity index (χ0n) is 12.1. The van der Waals surface area contributed by atoms with Gasteiger partial charge in [-0.25, -0.2) is 0 Å². The topological polar surface area (TPSA) is 41.8 Å². The van der Waals surface area contributed by atoms with E-state index < -0.39 is 0 Å². The van der Waals surface area contributed by atoms with Crippen molar-refractivity contribution in [2.24, 2.45) is 5.73 Å². The van der Waals surface area contributed by atoms with Crippen molar-refractivity contribution >= 4 is 22.5 Å². The van der Waals surface area contributed by atoms with E-state index in [0.29, 0.717) is 5.92 Å². The summed E-state index contributed by atoms with van der Waals surface area (Å²) in [5.74, 6) is 0.503. The van der Waals surface area contributed by atoms with Gasteiger partial charge in [0, 0.05) is 28.0 Å². The Bertz CT molecular complexity index is 761. The van der Waals surface area contributed by atoms with Gasteiger partial charge in [-0.3, -0.25) is 0 Å². The van der Waals surface area contributed by atoms with E-state index in [0.717, 1.165) is 5.02 Å². The molecule has 1 atom stereocenters. The molecule has 0 spiro atoms. The van der Waals surface area contributed by atoms with E-state index in [1.807, 2.05) is 6.07 Å². The number of aryl methyl sites for hydroxylation is 1. The number of aromatic amines is 1. The van der Waals surface area contributed by atoms with Crippen LogP contribution in [0.5, 0.6) is 0 Å². The third kappa shape index (κ3) is 2.45. The smallest absolute Gasteiger partial charge is 0.0458 e. The maximum absolute atomic E-state index is 6.14. The van der Waals surface area contributed by atoms with E-state index in [9.17, 15) is 0 Å². The van der Waals surface area contributed by atoms with Crippen molar-refractivity contribution in [2.75, 3.05) is 7.05 Å². The molecular weight excluding hydrogens is 280 g/mol. The maximum atomic E-state index is 6.14. The van der Waals surface area contributed by atoms with Gasteiger partial charge in [-0.1, -0.05) is 35.9 Å². The molecule has 0 aliphatic heterocycles. The van der Waals surface area contributed by atoms with Crippen LogP contribution in [0.15, 0.2) is 48.7 Å². The average molecular weight is 299 g/mol. The molecule has 0 saturated carbocycles. The van der Waals surface area contributed by atoms with Crippen molar-refractivity contribution in [1.82, 2.24) is 4.98 Å². The van der Waals surface area contributed by atoms with Crippen LogP contribution in [0, 0.1) is 0 Å². The molecule has 4 rings (SSSR count). The van der Waals surface area contributed by atoms with E-state index in [1.165, 1.54) is 47.5 Å². The predicted octanol–water partition coefficient (Wildman–Crippen LogP) is 4.47. The summed E-state index contributed by atoms with van der Waals surface area (Å²) < 4.78 is 0. The minimum Gasteiger partial charge on any atom is -0.361 e. The first-order valence-electron chi connectivity index (χ1n) is 7.25. The lowest BCUT2D eigenvalue weighted by atomic mass is 9.93. The van der Waals surface area contributed by atoms with Crippen molar-refractivity contribution in [3.05, 3.63) is 70.4 Å². The third-order valence-corrected chi connectivity index (χ3v) is 4.42. The van der Waals surface area contributed by atoms with Crippen LogP contribution in [-0.2, 0) is 6.42 Å². The van der Waals surface area contributed by atoms with Crippen LogP contribution in [0.1, 0.15) is 29.0 Å². The van der Waals surface area contributed by atoms with Gasteiger partial charge in [0.15, 0.2) is 0 Å². The van der Waals surface area contributed by atoms with Crippen LogP contribution >= 0.6 is 11.6 Å². The largest absolute Gasteiger partial charge is 0.361 e. The Morgan fingerprint density at radius 1 is 1.10 bits per heavy atom. The molecule has 0 saturated heterocycles. The fourth-order valence-electron chi connectivity index (χ4n) is 3.28. The molecule has 0 radical (unpaired) electrons. The number of aromatic nitrogens is 1. The number of fused-ring (bicyclic) bond motifs is 2. The minimum absolute atomic E-state index is 0.503. The average Bonchev–Trinajstić information content (AvgIpc) is 3.12. The zero-order chi connectivity index (χ0) is 14.8. The van der Waals surface area contributed by atoms with Crippen LogP contribution in [0.4, 0.5) is 0 Å². The number of benzene rings is 2. The van der Waals surface area contributed by atoms with Gasteiger partial charge in [-0.2, -0.15) is 0 Å². The first-order chi connectivity index (χ1) is 10.3. The molecule has 1 aliphatic rings. The normalized spacial score (nSPS) is 16.4. The number of hydrogen-bond donors (Lipinski definition) is 2. The summed E-state index contributed by atoms with van der Waals surface area (Å²) in [5.41, 5.74) is 10.0. The van der Waals surface area contributed by atoms with Gasteiger partial charge in [0.25, 0.3) is 0 Å². The highest BCUT2D eigenvalue weighted by Crippen LogP contribution is 2.41. The summed E-state index contributed by atoms with van der Waals surface area (Å²) in [6.45, 7) is 0. The second-order valence-electron chi connectivity index (χ2n) is 5.22. The molecule has 3 N–H and O–H groups in total. The molecule has 0 bridgehead atoms. The molecule has 2 aromatic carbocycles.